The number of fused-ring (bicyclic) bond motifs is 1. The molecule has 2 aromatic rings. The first-order chi connectivity index (χ1) is 13.1. The van der Waals surface area contributed by atoms with Crippen LogP contribution in [0.1, 0.15) is 18.9 Å². The van der Waals surface area contributed by atoms with Crippen LogP contribution in [0, 0.1) is 0 Å². The van der Waals surface area contributed by atoms with Gasteiger partial charge in [0.2, 0.25) is 5.91 Å². The topological polar surface area (TPSA) is 50.8 Å². The van der Waals surface area contributed by atoms with Gasteiger partial charge in [0.1, 0.15) is 0 Å². The van der Waals surface area contributed by atoms with Crippen LogP contribution in [-0.4, -0.2) is 38.5 Å². The van der Waals surface area contributed by atoms with Crippen molar-refractivity contribution >= 4 is 23.4 Å². The smallest absolute Gasteiger partial charge is 0.239 e. The molecule has 0 radical (unpaired) electrons. The maximum absolute atomic E-state index is 12.6. The van der Waals surface area contributed by atoms with Crippen molar-refractivity contribution in [3.05, 3.63) is 48.0 Å². The zero-order valence-electron chi connectivity index (χ0n) is 16.0. The summed E-state index contributed by atoms with van der Waals surface area (Å²) >= 11 is 1.91. The Kier molecular flexibility index (Phi) is 6.50. The normalized spacial score (nSPS) is 15.8. The van der Waals surface area contributed by atoms with E-state index in [4.69, 9.17) is 9.47 Å². The van der Waals surface area contributed by atoms with E-state index in [1.54, 1.807) is 14.2 Å². The van der Waals surface area contributed by atoms with Gasteiger partial charge in [-0.25, -0.2) is 0 Å². The third-order valence-corrected chi connectivity index (χ3v) is 6.07. The lowest BCUT2D eigenvalue weighted by Gasteiger charge is -2.34. The zero-order valence-corrected chi connectivity index (χ0v) is 16.8. The van der Waals surface area contributed by atoms with Crippen molar-refractivity contribution in [1.82, 2.24) is 5.32 Å². The van der Waals surface area contributed by atoms with Crippen LogP contribution in [0.3, 0.4) is 0 Å². The standard InChI is InChI=1S/C21H26N2O3S/c1-4-16-13-23(17-7-5-6-8-20(17)27-16)14-21(24)22-12-15-9-10-18(25-2)19(11-15)26-3/h5-11,16H,4,12-14H2,1-3H3,(H,22,24)/t16-/m0/s1. The molecule has 0 unspecified atom stereocenters. The van der Waals surface area contributed by atoms with Crippen LogP contribution in [-0.2, 0) is 11.3 Å². The molecule has 2 aromatic carbocycles. The zero-order chi connectivity index (χ0) is 19.2. The summed E-state index contributed by atoms with van der Waals surface area (Å²) in [5, 5.41) is 3.53. The Morgan fingerprint density at radius 3 is 2.70 bits per heavy atom. The van der Waals surface area contributed by atoms with Crippen molar-refractivity contribution in [2.75, 3.05) is 32.2 Å². The van der Waals surface area contributed by atoms with Gasteiger partial charge in [-0.05, 0) is 36.2 Å². The summed E-state index contributed by atoms with van der Waals surface area (Å²) in [5.41, 5.74) is 2.12. The van der Waals surface area contributed by atoms with E-state index in [0.29, 0.717) is 29.8 Å². The summed E-state index contributed by atoms with van der Waals surface area (Å²) in [5.74, 6) is 1.36. The molecule has 5 nitrogen and oxygen atoms in total. The lowest BCUT2D eigenvalue weighted by molar-refractivity contribution is -0.119. The lowest BCUT2D eigenvalue weighted by atomic mass is 10.2. The summed E-state index contributed by atoms with van der Waals surface area (Å²) in [6, 6.07) is 14.0. The SMILES string of the molecule is CC[C@H]1CN(CC(=O)NCc2ccc(OC)c(OC)c2)c2ccccc2S1. The number of ether oxygens (including phenoxy) is 2. The van der Waals surface area contributed by atoms with Gasteiger partial charge in [0.25, 0.3) is 0 Å². The molecule has 0 aromatic heterocycles. The number of amides is 1. The number of nitrogens with zero attached hydrogens (tertiary/aromatic N) is 1. The number of methoxy groups -OCH3 is 2. The Labute approximate surface area is 165 Å². The molecule has 1 heterocycles. The predicted octanol–water partition coefficient (Wildman–Crippen LogP) is 3.71. The Bertz CT molecular complexity index is 797. The molecule has 3 rings (SSSR count). The van der Waals surface area contributed by atoms with Crippen LogP contribution in [0.4, 0.5) is 5.69 Å². The molecule has 1 aliphatic rings. The molecule has 1 atom stereocenters. The molecule has 6 heteroatoms. The number of nitrogens with one attached hydrogen (secondary N) is 1. The molecular weight excluding hydrogens is 360 g/mol. The quantitative estimate of drug-likeness (QED) is 0.786. The summed E-state index contributed by atoms with van der Waals surface area (Å²) < 4.78 is 10.6. The van der Waals surface area contributed by atoms with E-state index in [0.717, 1.165) is 24.2 Å². The van der Waals surface area contributed by atoms with E-state index < -0.39 is 0 Å². The first kappa shape index (κ1) is 19.4. The highest BCUT2D eigenvalue weighted by molar-refractivity contribution is 8.00. The average molecular weight is 387 g/mol. The van der Waals surface area contributed by atoms with Crippen molar-refractivity contribution in [2.45, 2.75) is 30.0 Å². The second kappa shape index (κ2) is 9.04. The second-order valence-electron chi connectivity index (χ2n) is 6.46. The predicted molar refractivity (Wildman–Crippen MR) is 110 cm³/mol. The highest BCUT2D eigenvalue weighted by Gasteiger charge is 2.25. The molecule has 0 saturated carbocycles. The van der Waals surface area contributed by atoms with Gasteiger partial charge in [-0.1, -0.05) is 25.1 Å². The van der Waals surface area contributed by atoms with Crippen LogP contribution in [0.5, 0.6) is 11.5 Å². The number of carbonyl (C=O) groups excluding carboxylic acids is 1. The molecule has 144 valence electrons. The fourth-order valence-electron chi connectivity index (χ4n) is 3.16. The molecule has 0 bridgehead atoms. The van der Waals surface area contributed by atoms with E-state index in [1.165, 1.54) is 4.90 Å². The van der Waals surface area contributed by atoms with Crippen molar-refractivity contribution in [2.24, 2.45) is 0 Å². The minimum Gasteiger partial charge on any atom is -0.493 e. The Morgan fingerprint density at radius 2 is 1.96 bits per heavy atom. The monoisotopic (exact) mass is 386 g/mol. The highest BCUT2D eigenvalue weighted by Crippen LogP contribution is 2.39. The molecule has 1 amide bonds. The van der Waals surface area contributed by atoms with E-state index in [2.05, 4.69) is 35.3 Å². The van der Waals surface area contributed by atoms with Crippen molar-refractivity contribution < 1.29 is 14.3 Å². The van der Waals surface area contributed by atoms with E-state index in [9.17, 15) is 4.79 Å². The number of carbonyl (C=O) groups is 1. The van der Waals surface area contributed by atoms with Gasteiger partial charge in [-0.15, -0.1) is 11.8 Å². The van der Waals surface area contributed by atoms with E-state index >= 15 is 0 Å². The van der Waals surface area contributed by atoms with Crippen molar-refractivity contribution in [1.29, 1.82) is 0 Å². The fraction of sp³-hybridized carbons (Fsp3) is 0.381. The number of anilines is 1. The second-order valence-corrected chi connectivity index (χ2v) is 7.80. The first-order valence-corrected chi connectivity index (χ1v) is 10.0. The third kappa shape index (κ3) is 4.69. The highest BCUT2D eigenvalue weighted by atomic mass is 32.2. The maximum Gasteiger partial charge on any atom is 0.239 e. The van der Waals surface area contributed by atoms with Gasteiger partial charge in [0.05, 0.1) is 26.5 Å². The van der Waals surface area contributed by atoms with Gasteiger partial charge in [0, 0.05) is 23.2 Å². The van der Waals surface area contributed by atoms with Crippen molar-refractivity contribution in [3.8, 4) is 11.5 Å². The third-order valence-electron chi connectivity index (χ3n) is 4.65. The number of para-hydroxylation sites is 1. The van der Waals surface area contributed by atoms with Crippen LogP contribution in [0.25, 0.3) is 0 Å². The Morgan fingerprint density at radius 1 is 1.19 bits per heavy atom. The van der Waals surface area contributed by atoms with Crippen LogP contribution >= 0.6 is 11.8 Å². The lowest BCUT2D eigenvalue weighted by Crippen LogP contribution is -2.42. The van der Waals surface area contributed by atoms with Gasteiger partial charge in [-0.3, -0.25) is 4.79 Å². The average Bonchev–Trinajstić information content (AvgIpc) is 2.71. The number of rotatable bonds is 7. The summed E-state index contributed by atoms with van der Waals surface area (Å²) in [6.45, 7) is 3.91. The molecule has 27 heavy (non-hydrogen) atoms. The molecule has 0 spiro atoms. The fourth-order valence-corrected chi connectivity index (χ4v) is 4.42. The minimum atomic E-state index is 0.0151. The molecule has 0 aliphatic carbocycles. The first-order valence-electron chi connectivity index (χ1n) is 9.12. The number of hydrogen-bond acceptors (Lipinski definition) is 5. The molecule has 1 aliphatic heterocycles. The van der Waals surface area contributed by atoms with Gasteiger partial charge in [0.15, 0.2) is 11.5 Å². The molecule has 0 saturated heterocycles. The largest absolute Gasteiger partial charge is 0.493 e. The van der Waals surface area contributed by atoms with Crippen LogP contribution < -0.4 is 19.7 Å². The van der Waals surface area contributed by atoms with Gasteiger partial charge < -0.3 is 19.7 Å². The Hall–Kier alpha value is -2.34. The van der Waals surface area contributed by atoms with Crippen LogP contribution in [0.2, 0.25) is 0 Å². The minimum absolute atomic E-state index is 0.0151. The van der Waals surface area contributed by atoms with E-state index in [-0.39, 0.29) is 5.91 Å². The number of hydrogen-bond donors (Lipinski definition) is 1. The van der Waals surface area contributed by atoms with Crippen LogP contribution in [0.15, 0.2) is 47.4 Å². The maximum atomic E-state index is 12.6. The van der Waals surface area contributed by atoms with Crippen molar-refractivity contribution in [3.63, 3.8) is 0 Å². The summed E-state index contributed by atoms with van der Waals surface area (Å²) in [7, 11) is 3.22. The number of thioether (sulfide) groups is 1. The van der Waals surface area contributed by atoms with Gasteiger partial charge in [-0.2, -0.15) is 0 Å². The molecule has 1 N–H and O–H groups in total. The molecular formula is C21H26N2O3S. The summed E-state index contributed by atoms with van der Waals surface area (Å²) in [6.07, 6.45) is 1.09. The number of benzene rings is 2. The van der Waals surface area contributed by atoms with E-state index in [1.807, 2.05) is 36.0 Å². The molecule has 0 fully saturated rings. The van der Waals surface area contributed by atoms with Gasteiger partial charge >= 0.3 is 0 Å². The Balaban J connectivity index is 1.62. The summed E-state index contributed by atoms with van der Waals surface area (Å²) in [4.78, 5) is 16.0.